The molecule has 0 saturated heterocycles. The molecule has 6 nitrogen and oxygen atoms in total. The Hall–Kier alpha value is -4.59. The van der Waals surface area contributed by atoms with Crippen molar-refractivity contribution in [2.75, 3.05) is 61.9 Å². The van der Waals surface area contributed by atoms with Crippen LogP contribution < -0.4 is 15.1 Å². The maximum Gasteiger partial charge on any atom is 0.176 e. The average molecular weight is 1530 g/mol. The van der Waals surface area contributed by atoms with Crippen molar-refractivity contribution in [3.8, 4) is 0 Å². The smallest absolute Gasteiger partial charge is 0.176 e. The monoisotopic (exact) mass is 1520 g/mol. The molecule has 0 spiro atoms. The molecule has 0 radical (unpaired) electrons. The van der Waals surface area contributed by atoms with E-state index in [1.54, 1.807) is 0 Å². The van der Waals surface area contributed by atoms with Crippen LogP contribution in [0.25, 0.3) is 0 Å². The van der Waals surface area contributed by atoms with Crippen LogP contribution in [-0.2, 0) is 16.6 Å². The van der Waals surface area contributed by atoms with Gasteiger partial charge in [0, 0.05) is 95.3 Å². The van der Waals surface area contributed by atoms with Crippen molar-refractivity contribution in [1.29, 1.82) is 0 Å². The topological polar surface area (TPSA) is 69.2 Å². The fourth-order valence-corrected chi connectivity index (χ4v) is 15.8. The Morgan fingerprint density at radius 3 is 0.440 bits per heavy atom. The van der Waals surface area contributed by atoms with Crippen LogP contribution in [0.5, 0.6) is 0 Å². The Kier molecular flexibility index (Phi) is 34.3. The van der Waals surface area contributed by atoms with Gasteiger partial charge in [0.2, 0.25) is 0 Å². The molecule has 0 aromatic heterocycles. The second-order valence-corrected chi connectivity index (χ2v) is 31.4. The summed E-state index contributed by atoms with van der Waals surface area (Å²) in [6, 6.07) is 74.5. The highest BCUT2D eigenvalue weighted by Gasteiger charge is 2.53. The molecular weight excluding hydrogens is 1430 g/mol. The van der Waals surface area contributed by atoms with Crippen molar-refractivity contribution in [2.45, 2.75) is 134 Å². The van der Waals surface area contributed by atoms with Crippen molar-refractivity contribution in [2.24, 2.45) is 0 Å². The molecule has 0 saturated carbocycles. The van der Waals surface area contributed by atoms with Gasteiger partial charge in [-0.05, 0) is 148 Å². The maximum absolute atomic E-state index is 8.42. The Labute approximate surface area is 644 Å². The highest BCUT2D eigenvalue weighted by Crippen LogP contribution is 2.50. The van der Waals surface area contributed by atoms with Crippen LogP contribution in [-0.4, -0.2) is 82.7 Å². The third-order valence-corrected chi connectivity index (χ3v) is 21.8. The Balaban J connectivity index is 0.000000230. The molecule has 0 aliphatic heterocycles. The summed E-state index contributed by atoms with van der Waals surface area (Å²) in [5, 5.41) is 31.9. The molecule has 534 valence electrons. The molecule has 9 rings (SSSR count). The first-order valence-corrected chi connectivity index (χ1v) is 38.4. The summed E-state index contributed by atoms with van der Waals surface area (Å²) in [4.78, 5) is 0. The van der Waals surface area contributed by atoms with Gasteiger partial charge in [0.25, 0.3) is 0 Å². The van der Waals surface area contributed by atoms with Crippen molar-refractivity contribution in [3.05, 3.63) is 314 Å². The predicted molar refractivity (Wildman–Crippen MR) is 426 cm³/mol. The van der Waals surface area contributed by atoms with Crippen molar-refractivity contribution < 1.29 is 28.5 Å². The van der Waals surface area contributed by atoms with Gasteiger partial charge < -0.3 is 28.5 Å². The zero-order valence-corrected chi connectivity index (χ0v) is 66.4. The van der Waals surface area contributed by atoms with Gasteiger partial charge in [-0.25, -0.2) is 0 Å². The van der Waals surface area contributed by atoms with Gasteiger partial charge in [0.05, 0.1) is 61.9 Å². The lowest BCUT2D eigenvalue weighted by Crippen LogP contribution is -2.59. The van der Waals surface area contributed by atoms with E-state index in [2.05, 4.69) is 172 Å². The van der Waals surface area contributed by atoms with Gasteiger partial charge in [0.15, 0.2) is 16.6 Å². The van der Waals surface area contributed by atoms with Gasteiger partial charge in [-0.15, -0.1) is 0 Å². The molecule has 9 aromatic rings. The highest BCUT2D eigenvalue weighted by atomic mass is 35.5. The van der Waals surface area contributed by atoms with Crippen LogP contribution in [0.2, 0.25) is 45.2 Å². The number of nitrogens with zero attached hydrogens (tertiary/aromatic N) is 3. The normalized spacial score (nSPS) is 12.0. The third-order valence-electron chi connectivity index (χ3n) is 19.5. The number of hydrogen-bond donors (Lipinski definition) is 0. The summed E-state index contributed by atoms with van der Waals surface area (Å²) in [5.74, 6) is 0. The molecule has 100 heavy (non-hydrogen) atoms. The lowest BCUT2D eigenvalue weighted by atomic mass is 9.74. The van der Waals surface area contributed by atoms with E-state index in [9.17, 15) is 0 Å². The zero-order chi connectivity index (χ0) is 73.2. The summed E-state index contributed by atoms with van der Waals surface area (Å²) in [6.45, 7) is 9.89. The molecule has 9 aromatic carbocycles. The van der Waals surface area contributed by atoms with Gasteiger partial charge in [-0.2, -0.15) is 0 Å². The van der Waals surface area contributed by atoms with E-state index >= 15 is 0 Å². The van der Waals surface area contributed by atoms with Crippen LogP contribution in [0.15, 0.2) is 218 Å². The molecule has 0 heterocycles. The second kappa shape index (κ2) is 40.6. The van der Waals surface area contributed by atoms with Crippen LogP contribution in [0, 0.1) is 0 Å². The van der Waals surface area contributed by atoms with E-state index in [0.29, 0.717) is 0 Å². The summed E-state index contributed by atoms with van der Waals surface area (Å²) >= 11 is 56.7. The van der Waals surface area contributed by atoms with Crippen molar-refractivity contribution in [3.63, 3.8) is 0 Å². The number of unbranched alkanes of at least 4 members (excludes halogenated alkanes) is 12. The Morgan fingerprint density at radius 2 is 0.330 bits per heavy atom. The minimum absolute atomic E-state index is 0.440. The zero-order valence-electron chi connectivity index (χ0n) is 59.6. The molecule has 0 bridgehead atoms. The second-order valence-electron chi connectivity index (χ2n) is 27.5. The minimum atomic E-state index is -2.92. The number of quaternary nitrogens is 3. The highest BCUT2D eigenvalue weighted by molar-refractivity contribution is 6.33. The number of benzene rings is 9. The number of rotatable bonds is 30. The molecule has 0 amide bonds. The minimum Gasteiger partial charge on any atom is -0.907 e. The molecular formula is C84H99BCl9N3O3. The summed E-state index contributed by atoms with van der Waals surface area (Å²) in [5.41, 5.74) is 9.47. The third kappa shape index (κ3) is 22.0. The standard InChI is InChI=1S/3C28H33Cl3N.BO3/c3*1-4-5-6-7-8-21-32(2,3)28(22-9-15-25(29)16-10-22,23-11-17-26(30)18-12-23)24-13-19-27(31)20-14-24;2-1(3)4/h3*9-20H,4-8,21H2,1-3H3;/q3*+1;-3. The van der Waals surface area contributed by atoms with Crippen LogP contribution in [0.3, 0.4) is 0 Å². The Bertz CT molecular complexity index is 3070. The SMILES string of the molecule is CCCCCCC[N+](C)(C)C(c1ccc(Cl)cc1)(c1ccc(Cl)cc1)c1ccc(Cl)cc1.CCCCCCC[N+](C)(C)C(c1ccc(Cl)cc1)(c1ccc(Cl)cc1)c1ccc(Cl)cc1.CCCCCCC[N+](C)(C)C(c1ccc(Cl)cc1)(c1ccc(Cl)cc1)c1ccc(Cl)cc1.[O-]B([O-])[O-]. The molecule has 0 atom stereocenters. The quantitative estimate of drug-likeness (QED) is 0.0195. The van der Waals surface area contributed by atoms with E-state index in [1.165, 1.54) is 146 Å². The summed E-state index contributed by atoms with van der Waals surface area (Å²) < 4.78 is 2.30. The average Bonchev–Trinajstić information content (AvgIpc) is 0.739. The Morgan fingerprint density at radius 1 is 0.220 bits per heavy atom. The van der Waals surface area contributed by atoms with Crippen LogP contribution in [0.4, 0.5) is 0 Å². The molecule has 0 unspecified atom stereocenters. The first-order chi connectivity index (χ1) is 47.7. The van der Waals surface area contributed by atoms with Gasteiger partial charge in [-0.1, -0.05) is 292 Å². The van der Waals surface area contributed by atoms with E-state index < -0.39 is 23.9 Å². The van der Waals surface area contributed by atoms with Crippen LogP contribution >= 0.6 is 104 Å². The largest absolute Gasteiger partial charge is 0.907 e. The molecule has 0 aliphatic rings. The van der Waals surface area contributed by atoms with Crippen LogP contribution in [0.1, 0.15) is 167 Å². The molecule has 0 N–H and O–H groups in total. The van der Waals surface area contributed by atoms with E-state index in [4.69, 9.17) is 119 Å². The van der Waals surface area contributed by atoms with E-state index in [0.717, 1.165) is 78.3 Å². The van der Waals surface area contributed by atoms with Crippen molar-refractivity contribution in [1.82, 2.24) is 0 Å². The number of halogens is 9. The molecule has 0 aliphatic carbocycles. The molecule has 16 heteroatoms. The summed E-state index contributed by atoms with van der Waals surface area (Å²) in [7, 11) is 11.1. The summed E-state index contributed by atoms with van der Waals surface area (Å²) in [6.07, 6.45) is 18.7. The van der Waals surface area contributed by atoms with Gasteiger partial charge in [0.1, 0.15) is 0 Å². The lowest BCUT2D eigenvalue weighted by Gasteiger charge is -2.50. The maximum atomic E-state index is 8.42. The fourth-order valence-electron chi connectivity index (χ4n) is 14.7. The van der Waals surface area contributed by atoms with Gasteiger partial charge >= 0.3 is 0 Å². The molecule has 0 fully saturated rings. The van der Waals surface area contributed by atoms with Crippen molar-refractivity contribution >= 4 is 112 Å². The first kappa shape index (κ1) is 84.4. The van der Waals surface area contributed by atoms with Gasteiger partial charge in [-0.3, -0.25) is 7.32 Å². The first-order valence-electron chi connectivity index (χ1n) is 35.0. The lowest BCUT2D eigenvalue weighted by molar-refractivity contribution is -0.936. The van der Waals surface area contributed by atoms with E-state index in [-0.39, 0.29) is 0 Å². The number of hydrogen-bond acceptors (Lipinski definition) is 3. The van der Waals surface area contributed by atoms with E-state index in [1.807, 2.05) is 109 Å². The predicted octanol–water partition coefficient (Wildman–Crippen LogP) is 23.0. The fraction of sp³-hybridized carbons (Fsp3) is 0.357.